The van der Waals surface area contributed by atoms with E-state index in [9.17, 15) is 4.39 Å². The van der Waals surface area contributed by atoms with Crippen molar-refractivity contribution in [3.8, 4) is 11.8 Å². The third-order valence-corrected chi connectivity index (χ3v) is 2.68. The molecule has 0 amide bonds. The molecule has 0 unspecified atom stereocenters. The van der Waals surface area contributed by atoms with Crippen LogP contribution in [0.5, 0.6) is 0 Å². The van der Waals surface area contributed by atoms with Gasteiger partial charge in [-0.05, 0) is 12.1 Å². The van der Waals surface area contributed by atoms with Crippen LogP contribution in [0, 0.1) is 17.1 Å². The van der Waals surface area contributed by atoms with Gasteiger partial charge in [0.25, 0.3) is 0 Å². The van der Waals surface area contributed by atoms with Crippen LogP contribution in [0.1, 0.15) is 31.1 Å². The molecule has 0 bridgehead atoms. The molecule has 4 nitrogen and oxygen atoms in total. The number of hydrogen-bond acceptors (Lipinski definition) is 3. The van der Waals surface area contributed by atoms with Crippen molar-refractivity contribution in [1.29, 1.82) is 5.26 Å². The van der Waals surface area contributed by atoms with Crippen molar-refractivity contribution in [3.05, 3.63) is 41.2 Å². The monoisotopic (exact) mass is 244 g/mol. The fourth-order valence-corrected chi connectivity index (χ4v) is 1.76. The molecule has 1 aromatic heterocycles. The third kappa shape index (κ3) is 1.97. The first-order chi connectivity index (χ1) is 8.71. The van der Waals surface area contributed by atoms with Crippen LogP contribution in [-0.4, -0.2) is 14.8 Å². The van der Waals surface area contributed by atoms with Crippen LogP contribution in [0.25, 0.3) is 5.69 Å². The normalized spacial score (nSPS) is 10.3. The average Bonchev–Trinajstić information content (AvgIpc) is 2.81. The van der Waals surface area contributed by atoms with Gasteiger partial charge in [-0.2, -0.15) is 10.4 Å². The lowest BCUT2D eigenvalue weighted by molar-refractivity contribution is 0.620. The maximum Gasteiger partial charge on any atom is 0.151 e. The van der Waals surface area contributed by atoms with Gasteiger partial charge >= 0.3 is 0 Å². The molecule has 0 saturated heterocycles. The predicted octanol–water partition coefficient (Wildman–Crippen LogP) is 2.40. The van der Waals surface area contributed by atoms with Gasteiger partial charge in [0.05, 0.1) is 5.69 Å². The van der Waals surface area contributed by atoms with Crippen LogP contribution in [0.2, 0.25) is 0 Å². The minimum absolute atomic E-state index is 0.000229. The molecule has 1 aromatic carbocycles. The van der Waals surface area contributed by atoms with Crippen molar-refractivity contribution in [2.45, 2.75) is 26.7 Å². The summed E-state index contributed by atoms with van der Waals surface area (Å²) in [5.74, 6) is 0.888. The largest absolute Gasteiger partial charge is 0.216 e. The molecule has 0 N–H and O–H groups in total. The Hall–Kier alpha value is -2.22. The van der Waals surface area contributed by atoms with Crippen LogP contribution in [-0.2, 0) is 12.8 Å². The molecule has 0 aliphatic heterocycles. The summed E-state index contributed by atoms with van der Waals surface area (Å²) in [7, 11) is 0. The number of benzene rings is 1. The van der Waals surface area contributed by atoms with Crippen LogP contribution in [0.3, 0.4) is 0 Å². The summed E-state index contributed by atoms with van der Waals surface area (Å²) in [5, 5.41) is 13.3. The second kappa shape index (κ2) is 4.96. The molecule has 0 saturated carbocycles. The number of nitriles is 1. The summed E-state index contributed by atoms with van der Waals surface area (Å²) in [4.78, 5) is 4.35. The van der Waals surface area contributed by atoms with Gasteiger partial charge < -0.3 is 0 Å². The van der Waals surface area contributed by atoms with Crippen molar-refractivity contribution in [1.82, 2.24) is 14.8 Å². The number of aryl methyl sites for hydroxylation is 2. The Balaban J connectivity index is 2.65. The standard InChI is InChI=1S/C13H13FN4/c1-3-12-16-13(4-2)18(17-12)11-7-5-6-10(14)9(11)8-15/h5-7H,3-4H2,1-2H3. The SMILES string of the molecule is CCc1nc(CC)n(-c2cccc(F)c2C#N)n1. The Bertz CT molecular complexity index is 610. The van der Waals surface area contributed by atoms with E-state index in [-0.39, 0.29) is 5.56 Å². The van der Waals surface area contributed by atoms with Gasteiger partial charge in [0.2, 0.25) is 0 Å². The number of hydrogen-bond donors (Lipinski definition) is 0. The van der Waals surface area contributed by atoms with E-state index >= 15 is 0 Å². The summed E-state index contributed by atoms with van der Waals surface area (Å²) in [6, 6.07) is 6.39. The maximum atomic E-state index is 13.6. The van der Waals surface area contributed by atoms with E-state index in [1.54, 1.807) is 16.8 Å². The van der Waals surface area contributed by atoms with Gasteiger partial charge in [0.1, 0.15) is 23.3 Å². The van der Waals surface area contributed by atoms with Gasteiger partial charge in [0, 0.05) is 12.8 Å². The van der Waals surface area contributed by atoms with E-state index in [0.29, 0.717) is 24.4 Å². The van der Waals surface area contributed by atoms with E-state index in [1.807, 2.05) is 19.9 Å². The molecule has 0 fully saturated rings. The van der Waals surface area contributed by atoms with E-state index in [0.717, 1.165) is 5.82 Å². The van der Waals surface area contributed by atoms with Crippen LogP contribution >= 0.6 is 0 Å². The molecule has 0 aliphatic carbocycles. The Morgan fingerprint density at radius 3 is 2.72 bits per heavy atom. The number of aromatic nitrogens is 3. The molecule has 5 heteroatoms. The topological polar surface area (TPSA) is 54.5 Å². The van der Waals surface area contributed by atoms with E-state index < -0.39 is 5.82 Å². The first-order valence-corrected chi connectivity index (χ1v) is 5.85. The van der Waals surface area contributed by atoms with Crippen molar-refractivity contribution >= 4 is 0 Å². The minimum Gasteiger partial charge on any atom is -0.216 e. The van der Waals surface area contributed by atoms with Gasteiger partial charge in [-0.1, -0.05) is 19.9 Å². The number of rotatable bonds is 3. The fourth-order valence-electron chi connectivity index (χ4n) is 1.76. The second-order valence-corrected chi connectivity index (χ2v) is 3.81. The molecular formula is C13H13FN4. The quantitative estimate of drug-likeness (QED) is 0.833. The molecule has 0 atom stereocenters. The highest BCUT2D eigenvalue weighted by atomic mass is 19.1. The summed E-state index contributed by atoms with van der Waals surface area (Å²) in [5.41, 5.74) is 0.446. The Labute approximate surface area is 105 Å². The van der Waals surface area contributed by atoms with E-state index in [4.69, 9.17) is 5.26 Å². The van der Waals surface area contributed by atoms with Crippen LogP contribution < -0.4 is 0 Å². The van der Waals surface area contributed by atoms with Crippen molar-refractivity contribution in [2.75, 3.05) is 0 Å². The van der Waals surface area contributed by atoms with Crippen LogP contribution in [0.15, 0.2) is 18.2 Å². The van der Waals surface area contributed by atoms with E-state index in [2.05, 4.69) is 10.1 Å². The summed E-state index contributed by atoms with van der Waals surface area (Å²) in [6.07, 6.45) is 1.38. The van der Waals surface area contributed by atoms with Gasteiger partial charge in [-0.15, -0.1) is 0 Å². The van der Waals surface area contributed by atoms with Crippen LogP contribution in [0.4, 0.5) is 4.39 Å². The molecule has 92 valence electrons. The molecule has 1 heterocycles. The lowest BCUT2D eigenvalue weighted by Gasteiger charge is -2.06. The minimum atomic E-state index is -0.536. The second-order valence-electron chi connectivity index (χ2n) is 3.81. The molecule has 18 heavy (non-hydrogen) atoms. The van der Waals surface area contributed by atoms with Crippen molar-refractivity contribution in [2.24, 2.45) is 0 Å². The summed E-state index contributed by atoms with van der Waals surface area (Å²) >= 11 is 0. The zero-order chi connectivity index (χ0) is 13.1. The first kappa shape index (κ1) is 12.2. The highest BCUT2D eigenvalue weighted by Crippen LogP contribution is 2.18. The van der Waals surface area contributed by atoms with Gasteiger partial charge in [-0.3, -0.25) is 0 Å². The Kier molecular flexibility index (Phi) is 3.38. The predicted molar refractivity (Wildman–Crippen MR) is 64.8 cm³/mol. The number of nitrogens with zero attached hydrogens (tertiary/aromatic N) is 4. The molecular weight excluding hydrogens is 231 g/mol. The molecule has 0 aliphatic rings. The van der Waals surface area contributed by atoms with Gasteiger partial charge in [-0.25, -0.2) is 14.1 Å². The zero-order valence-corrected chi connectivity index (χ0v) is 10.3. The third-order valence-electron chi connectivity index (χ3n) is 2.68. The van der Waals surface area contributed by atoms with E-state index in [1.165, 1.54) is 6.07 Å². The van der Waals surface area contributed by atoms with Crippen molar-refractivity contribution < 1.29 is 4.39 Å². The Morgan fingerprint density at radius 1 is 1.33 bits per heavy atom. The maximum absolute atomic E-state index is 13.6. The number of halogens is 1. The Morgan fingerprint density at radius 2 is 2.11 bits per heavy atom. The highest BCUT2D eigenvalue weighted by molar-refractivity contribution is 5.49. The lowest BCUT2D eigenvalue weighted by atomic mass is 10.2. The highest BCUT2D eigenvalue weighted by Gasteiger charge is 2.15. The fraction of sp³-hybridized carbons (Fsp3) is 0.308. The average molecular weight is 244 g/mol. The summed E-state index contributed by atoms with van der Waals surface area (Å²) in [6.45, 7) is 3.90. The first-order valence-electron chi connectivity index (χ1n) is 5.85. The van der Waals surface area contributed by atoms with Gasteiger partial charge in [0.15, 0.2) is 5.82 Å². The molecule has 2 rings (SSSR count). The van der Waals surface area contributed by atoms with Crippen molar-refractivity contribution in [3.63, 3.8) is 0 Å². The molecule has 0 spiro atoms. The molecule has 0 radical (unpaired) electrons. The smallest absolute Gasteiger partial charge is 0.151 e. The summed E-state index contributed by atoms with van der Waals surface area (Å²) < 4.78 is 15.1. The lowest BCUT2D eigenvalue weighted by Crippen LogP contribution is -2.05. The zero-order valence-electron chi connectivity index (χ0n) is 10.3. The molecule has 2 aromatic rings.